The van der Waals surface area contributed by atoms with Crippen LogP contribution in [-0.4, -0.2) is 30.9 Å². The third kappa shape index (κ3) is 10.8. The van der Waals surface area contributed by atoms with Crippen molar-refractivity contribution in [2.24, 2.45) is 0 Å². The van der Waals surface area contributed by atoms with Crippen molar-refractivity contribution in [2.75, 3.05) is 19.8 Å². The van der Waals surface area contributed by atoms with Gasteiger partial charge in [-0.1, -0.05) is 59.3 Å². The highest BCUT2D eigenvalue weighted by atomic mass is 16.5. The third-order valence-electron chi connectivity index (χ3n) is 4.47. The Morgan fingerprint density at radius 2 is 1.24 bits per heavy atom. The molecule has 0 aliphatic heterocycles. The zero-order valence-electron chi connectivity index (χ0n) is 18.4. The average molecular weight is 407 g/mol. The van der Waals surface area contributed by atoms with Gasteiger partial charge in [0.1, 0.15) is 0 Å². The number of hydrogen-bond donors (Lipinski definition) is 1. The topological polar surface area (TPSA) is 65.0 Å². The van der Waals surface area contributed by atoms with Crippen molar-refractivity contribution < 1.29 is 24.1 Å². The average Bonchev–Trinajstić information content (AvgIpc) is 2.71. The predicted molar refractivity (Wildman–Crippen MR) is 118 cm³/mol. The van der Waals surface area contributed by atoms with Crippen LogP contribution in [0.4, 0.5) is 0 Å². The van der Waals surface area contributed by atoms with E-state index in [1.165, 1.54) is 0 Å². The van der Waals surface area contributed by atoms with E-state index in [9.17, 15) is 4.79 Å². The number of carboxylic acid groups (broad SMARTS) is 1. The molecule has 0 aliphatic rings. The first-order valence-corrected chi connectivity index (χ1v) is 11.1. The number of carbonyl (C=O) groups is 1. The lowest BCUT2D eigenvalue weighted by molar-refractivity contribution is -0.131. The summed E-state index contributed by atoms with van der Waals surface area (Å²) in [5.74, 6) is 0.883. The van der Waals surface area contributed by atoms with E-state index in [0.29, 0.717) is 37.1 Å². The third-order valence-corrected chi connectivity index (χ3v) is 4.47. The van der Waals surface area contributed by atoms with E-state index in [1.54, 1.807) is 6.08 Å². The minimum atomic E-state index is -0.985. The van der Waals surface area contributed by atoms with Crippen LogP contribution in [0.2, 0.25) is 0 Å². The Bertz CT molecular complexity index is 576. The Balaban J connectivity index is 3.08. The van der Waals surface area contributed by atoms with Crippen LogP contribution >= 0.6 is 0 Å². The molecule has 1 rings (SSSR count). The van der Waals surface area contributed by atoms with E-state index in [0.717, 1.165) is 69.4 Å². The molecule has 5 heteroatoms. The van der Waals surface area contributed by atoms with Crippen LogP contribution < -0.4 is 14.2 Å². The lowest BCUT2D eigenvalue weighted by Crippen LogP contribution is -2.06. The van der Waals surface area contributed by atoms with Gasteiger partial charge in [0, 0.05) is 6.08 Å². The second kappa shape index (κ2) is 15.7. The van der Waals surface area contributed by atoms with Gasteiger partial charge in [0.15, 0.2) is 11.5 Å². The molecule has 0 aromatic heterocycles. The Labute approximate surface area is 176 Å². The first-order chi connectivity index (χ1) is 14.1. The first-order valence-electron chi connectivity index (χ1n) is 11.1. The molecule has 0 aliphatic carbocycles. The fourth-order valence-corrected chi connectivity index (χ4v) is 2.81. The highest BCUT2D eigenvalue weighted by Crippen LogP contribution is 2.40. The van der Waals surface area contributed by atoms with Crippen LogP contribution in [0.25, 0.3) is 6.08 Å². The van der Waals surface area contributed by atoms with Gasteiger partial charge < -0.3 is 19.3 Å². The Morgan fingerprint density at radius 3 is 1.66 bits per heavy atom. The zero-order chi connectivity index (χ0) is 21.3. The van der Waals surface area contributed by atoms with Crippen molar-refractivity contribution in [2.45, 2.75) is 78.6 Å². The Kier molecular flexibility index (Phi) is 13.5. The number of unbranched alkanes of at least 4 members (excludes halogenated alkanes) is 6. The van der Waals surface area contributed by atoms with Gasteiger partial charge in [-0.15, -0.1) is 0 Å². The van der Waals surface area contributed by atoms with E-state index >= 15 is 0 Å². The van der Waals surface area contributed by atoms with Crippen molar-refractivity contribution in [3.8, 4) is 17.2 Å². The van der Waals surface area contributed by atoms with Gasteiger partial charge >= 0.3 is 5.97 Å². The molecule has 0 radical (unpaired) electrons. The Morgan fingerprint density at radius 1 is 0.793 bits per heavy atom. The molecule has 1 aromatic rings. The maximum atomic E-state index is 10.9. The molecule has 1 N–H and O–H groups in total. The molecule has 1 aromatic carbocycles. The van der Waals surface area contributed by atoms with E-state index in [2.05, 4.69) is 20.8 Å². The Hall–Kier alpha value is -2.17. The molecule has 0 fully saturated rings. The minimum absolute atomic E-state index is 0.598. The highest BCUT2D eigenvalue weighted by molar-refractivity contribution is 5.85. The van der Waals surface area contributed by atoms with Crippen LogP contribution in [0.3, 0.4) is 0 Å². The number of aliphatic carboxylic acids is 1. The summed E-state index contributed by atoms with van der Waals surface area (Å²) in [4.78, 5) is 10.9. The van der Waals surface area contributed by atoms with Gasteiger partial charge in [-0.2, -0.15) is 0 Å². The number of rotatable bonds is 17. The molecule has 0 saturated heterocycles. The van der Waals surface area contributed by atoms with E-state index in [1.807, 2.05) is 12.1 Å². The van der Waals surface area contributed by atoms with Crippen LogP contribution in [-0.2, 0) is 4.79 Å². The molecule has 0 saturated carbocycles. The number of benzene rings is 1. The minimum Gasteiger partial charge on any atom is -0.490 e. The summed E-state index contributed by atoms with van der Waals surface area (Å²) in [5, 5.41) is 8.96. The van der Waals surface area contributed by atoms with Crippen LogP contribution in [0, 0.1) is 0 Å². The fraction of sp³-hybridized carbons (Fsp3) is 0.625. The van der Waals surface area contributed by atoms with Gasteiger partial charge in [0.2, 0.25) is 5.75 Å². The highest BCUT2D eigenvalue weighted by Gasteiger charge is 2.15. The van der Waals surface area contributed by atoms with Gasteiger partial charge in [0.25, 0.3) is 0 Å². The monoisotopic (exact) mass is 406 g/mol. The maximum Gasteiger partial charge on any atom is 0.328 e. The SMILES string of the molecule is CCCCCOc1cc(C=CC(=O)O)cc(OCCCCC)c1OCCCCC. The smallest absolute Gasteiger partial charge is 0.328 e. The largest absolute Gasteiger partial charge is 0.490 e. The fourth-order valence-electron chi connectivity index (χ4n) is 2.81. The summed E-state index contributed by atoms with van der Waals surface area (Å²) in [6.07, 6.45) is 12.3. The molecule has 0 heterocycles. The molecule has 0 spiro atoms. The number of ether oxygens (including phenoxy) is 3. The zero-order valence-corrected chi connectivity index (χ0v) is 18.4. The summed E-state index contributed by atoms with van der Waals surface area (Å²) in [5.41, 5.74) is 0.726. The normalized spacial score (nSPS) is 11.0. The second-order valence-corrected chi connectivity index (χ2v) is 7.18. The molecule has 0 unspecified atom stereocenters. The lowest BCUT2D eigenvalue weighted by Gasteiger charge is -2.18. The molecule has 0 atom stereocenters. The maximum absolute atomic E-state index is 10.9. The van der Waals surface area contributed by atoms with Crippen molar-refractivity contribution >= 4 is 12.0 Å². The summed E-state index contributed by atoms with van der Waals surface area (Å²) >= 11 is 0. The van der Waals surface area contributed by atoms with Gasteiger partial charge in [0.05, 0.1) is 19.8 Å². The van der Waals surface area contributed by atoms with E-state index in [-0.39, 0.29) is 0 Å². The lowest BCUT2D eigenvalue weighted by atomic mass is 10.1. The van der Waals surface area contributed by atoms with Crippen molar-refractivity contribution in [3.63, 3.8) is 0 Å². The summed E-state index contributed by atoms with van der Waals surface area (Å²) in [6, 6.07) is 3.67. The predicted octanol–water partition coefficient (Wildman–Crippen LogP) is 6.49. The molecular formula is C24H38O5. The molecule has 0 bridgehead atoms. The quantitative estimate of drug-likeness (QED) is 0.236. The molecule has 29 heavy (non-hydrogen) atoms. The van der Waals surface area contributed by atoms with Gasteiger partial charge in [-0.05, 0) is 43.0 Å². The van der Waals surface area contributed by atoms with Crippen LogP contribution in [0.5, 0.6) is 17.2 Å². The first kappa shape index (κ1) is 24.9. The van der Waals surface area contributed by atoms with E-state index in [4.69, 9.17) is 19.3 Å². The number of hydrogen-bond acceptors (Lipinski definition) is 4. The summed E-state index contributed by atoms with van der Waals surface area (Å²) in [6.45, 7) is 8.27. The van der Waals surface area contributed by atoms with Crippen LogP contribution in [0.15, 0.2) is 18.2 Å². The number of carboxylic acids is 1. The van der Waals surface area contributed by atoms with Crippen molar-refractivity contribution in [3.05, 3.63) is 23.8 Å². The summed E-state index contributed by atoms with van der Waals surface area (Å²) in [7, 11) is 0. The van der Waals surface area contributed by atoms with E-state index < -0.39 is 5.97 Å². The second-order valence-electron chi connectivity index (χ2n) is 7.18. The van der Waals surface area contributed by atoms with Crippen LogP contribution in [0.1, 0.15) is 84.1 Å². The van der Waals surface area contributed by atoms with Crippen molar-refractivity contribution in [1.29, 1.82) is 0 Å². The molecule has 164 valence electrons. The van der Waals surface area contributed by atoms with Gasteiger partial charge in [-0.3, -0.25) is 0 Å². The summed E-state index contributed by atoms with van der Waals surface area (Å²) < 4.78 is 18.1. The molecular weight excluding hydrogens is 368 g/mol. The standard InChI is InChI=1S/C24H38O5/c1-4-7-10-15-27-21-18-20(13-14-23(25)26)19-22(28-16-11-8-5-2)24(21)29-17-12-9-6-3/h13-14,18-19H,4-12,15-17H2,1-3H3,(H,25,26). The van der Waals surface area contributed by atoms with Crippen molar-refractivity contribution in [1.82, 2.24) is 0 Å². The van der Waals surface area contributed by atoms with Gasteiger partial charge in [-0.25, -0.2) is 4.79 Å². The molecule has 0 amide bonds. The molecule has 5 nitrogen and oxygen atoms in total.